The van der Waals surface area contributed by atoms with Crippen molar-refractivity contribution in [2.75, 3.05) is 0 Å². The lowest BCUT2D eigenvalue weighted by molar-refractivity contribution is 0.0913. The van der Waals surface area contributed by atoms with E-state index >= 15 is 0 Å². The van der Waals surface area contributed by atoms with Crippen LogP contribution in [0.5, 0.6) is 0 Å². The molecule has 0 fully saturated rings. The van der Waals surface area contributed by atoms with Gasteiger partial charge >= 0.3 is 0 Å². The number of carbonyl (C=O) groups is 1. The van der Waals surface area contributed by atoms with Crippen molar-refractivity contribution >= 4 is 16.7 Å². The quantitative estimate of drug-likeness (QED) is 0.742. The van der Waals surface area contributed by atoms with Crippen molar-refractivity contribution in [3.8, 4) is 0 Å². The highest BCUT2D eigenvalue weighted by Gasteiger charge is 2.16. The first-order valence-corrected chi connectivity index (χ1v) is 6.15. The van der Waals surface area contributed by atoms with E-state index in [2.05, 4.69) is 18.8 Å². The maximum Gasteiger partial charge on any atom is 0.165 e. The normalized spacial score (nSPS) is 11.0. The van der Waals surface area contributed by atoms with E-state index in [9.17, 15) is 4.79 Å². The van der Waals surface area contributed by atoms with E-state index in [0.717, 1.165) is 29.3 Å². The van der Waals surface area contributed by atoms with Gasteiger partial charge in [-0.15, -0.1) is 0 Å². The first-order valence-electron chi connectivity index (χ1n) is 6.15. The molecule has 0 saturated heterocycles. The van der Waals surface area contributed by atoms with Crippen molar-refractivity contribution in [2.24, 2.45) is 5.92 Å². The highest BCUT2D eigenvalue weighted by atomic mass is 16.1. The zero-order valence-electron chi connectivity index (χ0n) is 10.3. The Bertz CT molecular complexity index is 529. The largest absolute Gasteiger partial charge is 0.294 e. The van der Waals surface area contributed by atoms with Crippen LogP contribution in [-0.2, 0) is 0 Å². The highest BCUT2D eigenvalue weighted by Crippen LogP contribution is 2.19. The van der Waals surface area contributed by atoms with E-state index in [1.54, 1.807) is 6.20 Å². The zero-order valence-corrected chi connectivity index (χ0v) is 10.3. The van der Waals surface area contributed by atoms with Gasteiger partial charge in [0.25, 0.3) is 0 Å². The molecule has 2 heteroatoms. The first-order chi connectivity index (χ1) is 8.26. The van der Waals surface area contributed by atoms with Gasteiger partial charge in [0.2, 0.25) is 0 Å². The average Bonchev–Trinajstić information content (AvgIpc) is 2.39. The Morgan fingerprint density at radius 1 is 1.24 bits per heavy atom. The average molecular weight is 227 g/mol. The van der Waals surface area contributed by atoms with Crippen LogP contribution in [0.25, 0.3) is 10.9 Å². The molecule has 0 unspecified atom stereocenters. The molecule has 0 spiro atoms. The van der Waals surface area contributed by atoms with Gasteiger partial charge in [-0.2, -0.15) is 0 Å². The molecule has 0 radical (unpaired) electrons. The third-order valence-corrected chi connectivity index (χ3v) is 3.25. The second kappa shape index (κ2) is 5.09. The number of nitrogens with zero attached hydrogens (tertiary/aromatic N) is 1. The van der Waals surface area contributed by atoms with Gasteiger partial charge < -0.3 is 0 Å². The second-order valence-corrected chi connectivity index (χ2v) is 4.29. The molecule has 0 aliphatic rings. The Kier molecular flexibility index (Phi) is 3.52. The second-order valence-electron chi connectivity index (χ2n) is 4.29. The van der Waals surface area contributed by atoms with E-state index < -0.39 is 0 Å². The molecule has 2 nitrogen and oxygen atoms in total. The molecule has 1 heterocycles. The van der Waals surface area contributed by atoms with Crippen molar-refractivity contribution in [3.63, 3.8) is 0 Å². The maximum absolute atomic E-state index is 12.2. The molecular formula is C15H17NO. The van der Waals surface area contributed by atoms with Crippen LogP contribution in [0.15, 0.2) is 36.5 Å². The summed E-state index contributed by atoms with van der Waals surface area (Å²) in [5, 5.41) is 1.08. The van der Waals surface area contributed by atoms with Crippen molar-refractivity contribution in [3.05, 3.63) is 42.1 Å². The Balaban J connectivity index is 2.39. The number of aromatic nitrogens is 1. The first kappa shape index (κ1) is 11.8. The number of hydrogen-bond donors (Lipinski definition) is 0. The van der Waals surface area contributed by atoms with Gasteiger partial charge in [0, 0.05) is 23.1 Å². The fraction of sp³-hybridized carbons (Fsp3) is 0.333. The van der Waals surface area contributed by atoms with Gasteiger partial charge in [-0.1, -0.05) is 32.0 Å². The van der Waals surface area contributed by atoms with Crippen molar-refractivity contribution < 1.29 is 4.79 Å². The predicted octanol–water partition coefficient (Wildman–Crippen LogP) is 3.85. The van der Waals surface area contributed by atoms with E-state index in [0.29, 0.717) is 0 Å². The summed E-state index contributed by atoms with van der Waals surface area (Å²) in [5.41, 5.74) is 1.68. The molecule has 17 heavy (non-hydrogen) atoms. The number of rotatable bonds is 4. The summed E-state index contributed by atoms with van der Waals surface area (Å²) in [4.78, 5) is 16.5. The van der Waals surface area contributed by atoms with E-state index in [4.69, 9.17) is 0 Å². The maximum atomic E-state index is 12.2. The lowest BCUT2D eigenvalue weighted by Crippen LogP contribution is -2.12. The Morgan fingerprint density at radius 3 is 2.71 bits per heavy atom. The van der Waals surface area contributed by atoms with Crippen LogP contribution >= 0.6 is 0 Å². The minimum Gasteiger partial charge on any atom is -0.294 e. The molecule has 0 amide bonds. The number of benzene rings is 1. The minimum atomic E-state index is 0.135. The van der Waals surface area contributed by atoms with Crippen LogP contribution in [0.1, 0.15) is 37.0 Å². The van der Waals surface area contributed by atoms with Crippen LogP contribution in [0.3, 0.4) is 0 Å². The number of ketones is 1. The number of carbonyl (C=O) groups excluding carboxylic acids is 1. The summed E-state index contributed by atoms with van der Waals surface area (Å²) >= 11 is 0. The Morgan fingerprint density at radius 2 is 2.00 bits per heavy atom. The molecule has 1 aromatic carbocycles. The monoisotopic (exact) mass is 227 g/mol. The van der Waals surface area contributed by atoms with Gasteiger partial charge in [-0.05, 0) is 25.0 Å². The topological polar surface area (TPSA) is 30.0 Å². The van der Waals surface area contributed by atoms with E-state index in [1.165, 1.54) is 0 Å². The molecule has 0 atom stereocenters. The van der Waals surface area contributed by atoms with E-state index in [-0.39, 0.29) is 11.7 Å². The van der Waals surface area contributed by atoms with Crippen LogP contribution in [0, 0.1) is 5.92 Å². The third-order valence-electron chi connectivity index (χ3n) is 3.25. The van der Waals surface area contributed by atoms with Crippen molar-refractivity contribution in [1.29, 1.82) is 0 Å². The number of Topliss-reactive ketones (excluding diaryl/α,β-unsaturated/α-hetero) is 1. The van der Waals surface area contributed by atoms with Crippen LogP contribution in [-0.4, -0.2) is 10.8 Å². The smallest absolute Gasteiger partial charge is 0.165 e. The van der Waals surface area contributed by atoms with Gasteiger partial charge in [0.1, 0.15) is 0 Å². The molecular weight excluding hydrogens is 210 g/mol. The molecule has 0 aliphatic heterocycles. The summed E-state index contributed by atoms with van der Waals surface area (Å²) < 4.78 is 0. The number of fused-ring (bicyclic) bond motifs is 1. The molecule has 0 saturated carbocycles. The summed E-state index contributed by atoms with van der Waals surface area (Å²) in [6.45, 7) is 4.12. The number of pyridine rings is 1. The predicted molar refractivity (Wildman–Crippen MR) is 70.1 cm³/mol. The van der Waals surface area contributed by atoms with Gasteiger partial charge in [0.15, 0.2) is 5.78 Å². The Labute approximate surface area is 102 Å². The van der Waals surface area contributed by atoms with Gasteiger partial charge in [-0.3, -0.25) is 9.78 Å². The summed E-state index contributed by atoms with van der Waals surface area (Å²) in [7, 11) is 0. The van der Waals surface area contributed by atoms with Gasteiger partial charge in [-0.25, -0.2) is 0 Å². The summed E-state index contributed by atoms with van der Waals surface area (Å²) in [6.07, 6.45) is 3.55. The zero-order chi connectivity index (χ0) is 12.3. The molecule has 0 N–H and O–H groups in total. The number of hydrogen-bond acceptors (Lipinski definition) is 2. The molecule has 88 valence electrons. The minimum absolute atomic E-state index is 0.135. The van der Waals surface area contributed by atoms with Crippen LogP contribution in [0.2, 0.25) is 0 Å². The lowest BCUT2D eigenvalue weighted by atomic mass is 9.92. The van der Waals surface area contributed by atoms with Crippen molar-refractivity contribution in [2.45, 2.75) is 26.7 Å². The molecule has 0 aliphatic carbocycles. The van der Waals surface area contributed by atoms with Crippen molar-refractivity contribution in [1.82, 2.24) is 4.98 Å². The van der Waals surface area contributed by atoms with Crippen LogP contribution < -0.4 is 0 Å². The standard InChI is InChI=1S/C15H17NO/c1-3-11(4-2)15(17)13-8-7-12-6-5-9-16-14(12)10-13/h5-11H,3-4H2,1-2H3. The SMILES string of the molecule is CCC(CC)C(=O)c1ccc2cccnc2c1. The highest BCUT2D eigenvalue weighted by molar-refractivity contribution is 6.00. The van der Waals surface area contributed by atoms with Gasteiger partial charge in [0.05, 0.1) is 5.52 Å². The Hall–Kier alpha value is -1.70. The molecule has 0 bridgehead atoms. The summed E-state index contributed by atoms with van der Waals surface area (Å²) in [6, 6.07) is 9.69. The van der Waals surface area contributed by atoms with Crippen LogP contribution in [0.4, 0.5) is 0 Å². The molecule has 1 aromatic heterocycles. The lowest BCUT2D eigenvalue weighted by Gasteiger charge is -2.11. The third kappa shape index (κ3) is 2.36. The molecule has 2 rings (SSSR count). The fourth-order valence-corrected chi connectivity index (χ4v) is 2.11. The summed E-state index contributed by atoms with van der Waals surface area (Å²) in [5.74, 6) is 0.374. The van der Waals surface area contributed by atoms with E-state index in [1.807, 2.05) is 30.3 Å². The molecule has 2 aromatic rings. The fourth-order valence-electron chi connectivity index (χ4n) is 2.11.